The van der Waals surface area contributed by atoms with Crippen LogP contribution in [0.5, 0.6) is 0 Å². The molecule has 0 aliphatic rings. The number of rotatable bonds is 3. The summed E-state index contributed by atoms with van der Waals surface area (Å²) in [6.07, 6.45) is 0. The summed E-state index contributed by atoms with van der Waals surface area (Å²) in [4.78, 5) is 5.72. The molecule has 0 amide bonds. The quantitative estimate of drug-likeness (QED) is 0.690. The standard InChI is InChI=1S/C7H11ClN2S/c1-10(2)4-7-9-6(3-8)5-11-7/h5H,3-4H2,1-2H3/p+1. The summed E-state index contributed by atoms with van der Waals surface area (Å²) < 4.78 is 0. The Kier molecular flexibility index (Phi) is 3.30. The highest BCUT2D eigenvalue weighted by Gasteiger charge is 2.03. The van der Waals surface area contributed by atoms with Crippen molar-refractivity contribution in [2.75, 3.05) is 14.1 Å². The second kappa shape index (κ2) is 4.04. The smallest absolute Gasteiger partial charge is 0.147 e. The average molecular weight is 192 g/mol. The van der Waals surface area contributed by atoms with Gasteiger partial charge in [0.05, 0.1) is 25.7 Å². The molecule has 0 unspecified atom stereocenters. The summed E-state index contributed by atoms with van der Waals surface area (Å²) in [6, 6.07) is 0. The Balaban J connectivity index is 2.58. The zero-order chi connectivity index (χ0) is 8.27. The van der Waals surface area contributed by atoms with Crippen LogP contribution in [-0.2, 0) is 12.4 Å². The second-order valence-corrected chi connectivity index (χ2v) is 3.96. The summed E-state index contributed by atoms with van der Waals surface area (Å²) in [5.41, 5.74) is 0.993. The number of hydrogen-bond donors (Lipinski definition) is 1. The summed E-state index contributed by atoms with van der Waals surface area (Å²) >= 11 is 7.30. The van der Waals surface area contributed by atoms with E-state index in [2.05, 4.69) is 19.1 Å². The van der Waals surface area contributed by atoms with E-state index in [1.54, 1.807) is 11.3 Å². The molecule has 1 aromatic rings. The van der Waals surface area contributed by atoms with Crippen LogP contribution in [0.2, 0.25) is 0 Å². The number of nitrogens with zero attached hydrogens (tertiary/aromatic N) is 1. The van der Waals surface area contributed by atoms with Crippen LogP contribution in [0.15, 0.2) is 5.38 Å². The van der Waals surface area contributed by atoms with Crippen molar-refractivity contribution in [3.63, 3.8) is 0 Å². The van der Waals surface area contributed by atoms with E-state index in [0.29, 0.717) is 5.88 Å². The molecule has 0 saturated heterocycles. The topological polar surface area (TPSA) is 17.3 Å². The number of nitrogens with one attached hydrogen (secondary N) is 1. The maximum atomic E-state index is 5.61. The van der Waals surface area contributed by atoms with Crippen molar-refractivity contribution in [3.8, 4) is 0 Å². The van der Waals surface area contributed by atoms with E-state index in [4.69, 9.17) is 11.6 Å². The molecule has 1 N–H and O–H groups in total. The van der Waals surface area contributed by atoms with Crippen molar-refractivity contribution in [2.24, 2.45) is 0 Å². The number of quaternary nitrogens is 1. The third-order valence-electron chi connectivity index (χ3n) is 1.24. The highest BCUT2D eigenvalue weighted by atomic mass is 35.5. The number of aromatic nitrogens is 1. The van der Waals surface area contributed by atoms with Gasteiger partial charge in [-0.15, -0.1) is 22.9 Å². The molecule has 0 atom stereocenters. The maximum absolute atomic E-state index is 5.61. The lowest BCUT2D eigenvalue weighted by molar-refractivity contribution is -0.872. The van der Waals surface area contributed by atoms with Crippen LogP contribution in [0, 0.1) is 0 Å². The van der Waals surface area contributed by atoms with Gasteiger partial charge in [0.25, 0.3) is 0 Å². The third kappa shape index (κ3) is 2.77. The Hall–Kier alpha value is -0.120. The first-order valence-electron chi connectivity index (χ1n) is 3.50. The van der Waals surface area contributed by atoms with E-state index in [1.807, 2.05) is 5.38 Å². The minimum atomic E-state index is 0.527. The van der Waals surface area contributed by atoms with E-state index >= 15 is 0 Å². The van der Waals surface area contributed by atoms with Gasteiger partial charge in [-0.3, -0.25) is 0 Å². The van der Waals surface area contributed by atoms with Crippen molar-refractivity contribution in [2.45, 2.75) is 12.4 Å². The van der Waals surface area contributed by atoms with Crippen LogP contribution in [0.1, 0.15) is 10.7 Å². The molecule has 0 spiro atoms. The van der Waals surface area contributed by atoms with Crippen LogP contribution in [0.4, 0.5) is 0 Å². The van der Waals surface area contributed by atoms with E-state index in [-0.39, 0.29) is 0 Å². The second-order valence-electron chi connectivity index (χ2n) is 2.75. The van der Waals surface area contributed by atoms with Gasteiger partial charge < -0.3 is 4.90 Å². The summed E-state index contributed by atoms with van der Waals surface area (Å²) in [5, 5.41) is 3.19. The van der Waals surface area contributed by atoms with Gasteiger partial charge in [-0.05, 0) is 0 Å². The van der Waals surface area contributed by atoms with Crippen molar-refractivity contribution >= 4 is 22.9 Å². The van der Waals surface area contributed by atoms with Gasteiger partial charge in [0, 0.05) is 5.38 Å². The molecule has 0 aromatic carbocycles. The molecule has 62 valence electrons. The molecule has 1 rings (SSSR count). The third-order valence-corrected chi connectivity index (χ3v) is 2.41. The van der Waals surface area contributed by atoms with Gasteiger partial charge in [0.1, 0.15) is 11.6 Å². The predicted molar refractivity (Wildman–Crippen MR) is 48.2 cm³/mol. The fraction of sp³-hybridized carbons (Fsp3) is 0.571. The Morgan fingerprint density at radius 1 is 1.64 bits per heavy atom. The molecule has 11 heavy (non-hydrogen) atoms. The molecule has 4 heteroatoms. The molecule has 0 bridgehead atoms. The van der Waals surface area contributed by atoms with Crippen molar-refractivity contribution in [1.82, 2.24) is 4.98 Å². The van der Waals surface area contributed by atoms with E-state index < -0.39 is 0 Å². The summed E-state index contributed by atoms with van der Waals surface area (Å²) in [7, 11) is 4.23. The Labute approximate surface area is 75.8 Å². The Morgan fingerprint density at radius 3 is 2.82 bits per heavy atom. The monoisotopic (exact) mass is 191 g/mol. The summed E-state index contributed by atoms with van der Waals surface area (Å²) in [5.74, 6) is 0.527. The molecular weight excluding hydrogens is 180 g/mol. The summed E-state index contributed by atoms with van der Waals surface area (Å²) in [6.45, 7) is 0.988. The SMILES string of the molecule is C[NH+](C)Cc1nc(CCl)cs1. The fourth-order valence-corrected chi connectivity index (χ4v) is 1.97. The molecule has 0 saturated carbocycles. The van der Waals surface area contributed by atoms with Crippen molar-refractivity contribution in [1.29, 1.82) is 0 Å². The normalized spacial score (nSPS) is 10.9. The van der Waals surface area contributed by atoms with Gasteiger partial charge in [-0.1, -0.05) is 0 Å². The highest BCUT2D eigenvalue weighted by Crippen LogP contribution is 2.09. The fourth-order valence-electron chi connectivity index (χ4n) is 0.794. The number of alkyl halides is 1. The highest BCUT2D eigenvalue weighted by molar-refractivity contribution is 7.09. The minimum absolute atomic E-state index is 0.527. The van der Waals surface area contributed by atoms with E-state index in [1.165, 1.54) is 9.91 Å². The van der Waals surface area contributed by atoms with Gasteiger partial charge in [0.15, 0.2) is 0 Å². The lowest BCUT2D eigenvalue weighted by Crippen LogP contribution is -3.04. The van der Waals surface area contributed by atoms with Gasteiger partial charge in [-0.2, -0.15) is 0 Å². The molecule has 0 aliphatic carbocycles. The van der Waals surface area contributed by atoms with Gasteiger partial charge in [0.2, 0.25) is 0 Å². The zero-order valence-corrected chi connectivity index (χ0v) is 8.30. The van der Waals surface area contributed by atoms with Crippen molar-refractivity contribution < 1.29 is 4.90 Å². The number of hydrogen-bond acceptors (Lipinski definition) is 2. The van der Waals surface area contributed by atoms with Crippen LogP contribution in [-0.4, -0.2) is 19.1 Å². The van der Waals surface area contributed by atoms with Gasteiger partial charge in [-0.25, -0.2) is 4.98 Å². The van der Waals surface area contributed by atoms with Crippen LogP contribution < -0.4 is 4.90 Å². The number of thiazole rings is 1. The van der Waals surface area contributed by atoms with Crippen LogP contribution >= 0.6 is 22.9 Å². The molecular formula is C7H12ClN2S+. The first kappa shape index (κ1) is 8.97. The number of halogens is 1. The average Bonchev–Trinajstić information content (AvgIpc) is 2.34. The molecule has 2 nitrogen and oxygen atoms in total. The molecule has 0 aliphatic heterocycles. The minimum Gasteiger partial charge on any atom is -0.334 e. The van der Waals surface area contributed by atoms with E-state index in [0.717, 1.165) is 12.2 Å². The Morgan fingerprint density at radius 2 is 2.36 bits per heavy atom. The van der Waals surface area contributed by atoms with E-state index in [9.17, 15) is 0 Å². The van der Waals surface area contributed by atoms with Gasteiger partial charge >= 0.3 is 0 Å². The molecule has 0 fully saturated rings. The zero-order valence-electron chi connectivity index (χ0n) is 6.72. The van der Waals surface area contributed by atoms with Crippen LogP contribution in [0.3, 0.4) is 0 Å². The first-order valence-corrected chi connectivity index (χ1v) is 4.92. The van der Waals surface area contributed by atoms with Crippen molar-refractivity contribution in [3.05, 3.63) is 16.1 Å². The maximum Gasteiger partial charge on any atom is 0.147 e. The van der Waals surface area contributed by atoms with Crippen LogP contribution in [0.25, 0.3) is 0 Å². The molecule has 0 radical (unpaired) electrons. The lowest BCUT2D eigenvalue weighted by Gasteiger charge is -2.02. The predicted octanol–water partition coefficient (Wildman–Crippen LogP) is 0.526. The molecule has 1 heterocycles. The largest absolute Gasteiger partial charge is 0.334 e. The first-order chi connectivity index (χ1) is 5.22. The lowest BCUT2D eigenvalue weighted by atomic mass is 10.5. The Bertz CT molecular complexity index is 222. The molecule has 1 aromatic heterocycles.